The smallest absolute Gasteiger partial charge is 0.273 e. The predicted octanol–water partition coefficient (Wildman–Crippen LogP) is 1.30. The lowest BCUT2D eigenvalue weighted by atomic mass is 10.0. The zero-order valence-electron chi connectivity index (χ0n) is 13.2. The van der Waals surface area contributed by atoms with Crippen molar-refractivity contribution >= 4 is 23.2 Å². The first-order valence-corrected chi connectivity index (χ1v) is 9.13. The number of fused-ring (bicyclic) bond motifs is 1. The van der Waals surface area contributed by atoms with Gasteiger partial charge >= 0.3 is 0 Å². The molecule has 0 bridgehead atoms. The van der Waals surface area contributed by atoms with E-state index < -0.39 is 0 Å². The fraction of sp³-hybridized carbons (Fsp3) is 0.688. The first kappa shape index (κ1) is 15.1. The third-order valence-corrected chi connectivity index (χ3v) is 5.82. The summed E-state index contributed by atoms with van der Waals surface area (Å²) in [4.78, 5) is 32.5. The molecule has 0 saturated carbocycles. The van der Waals surface area contributed by atoms with Gasteiger partial charge < -0.3 is 14.5 Å². The number of rotatable bonds is 3. The zero-order chi connectivity index (χ0) is 16.0. The van der Waals surface area contributed by atoms with Gasteiger partial charge in [0.05, 0.1) is 23.6 Å². The number of nitrogens with zero attached hydrogens (tertiary/aromatic N) is 3. The molecule has 0 unspecified atom stereocenters. The van der Waals surface area contributed by atoms with Gasteiger partial charge in [-0.1, -0.05) is 0 Å². The molecule has 3 saturated heterocycles. The second-order valence-electron chi connectivity index (χ2n) is 6.69. The highest BCUT2D eigenvalue weighted by Crippen LogP contribution is 2.35. The number of carbonyl (C=O) groups excluding carboxylic acids is 2. The van der Waals surface area contributed by atoms with Gasteiger partial charge in [0.15, 0.2) is 0 Å². The number of thiazole rings is 1. The number of carbonyl (C=O) groups is 2. The summed E-state index contributed by atoms with van der Waals surface area (Å²) in [6.45, 7) is 5.04. The number of aryl methyl sites for hydroxylation is 1. The molecule has 4 heterocycles. The van der Waals surface area contributed by atoms with E-state index in [2.05, 4.69) is 4.98 Å². The molecule has 3 fully saturated rings. The van der Waals surface area contributed by atoms with Gasteiger partial charge in [0.25, 0.3) is 5.91 Å². The van der Waals surface area contributed by atoms with E-state index in [0.29, 0.717) is 31.1 Å². The molecule has 0 spiro atoms. The molecule has 0 N–H and O–H groups in total. The summed E-state index contributed by atoms with van der Waals surface area (Å²) < 4.78 is 6.04. The van der Waals surface area contributed by atoms with Crippen molar-refractivity contribution in [2.75, 3.05) is 26.2 Å². The third kappa shape index (κ3) is 2.87. The van der Waals surface area contributed by atoms with Crippen LogP contribution in [0.3, 0.4) is 0 Å². The van der Waals surface area contributed by atoms with Gasteiger partial charge in [0.2, 0.25) is 5.91 Å². The molecule has 4 rings (SSSR count). The third-order valence-electron chi connectivity index (χ3n) is 5.05. The Labute approximate surface area is 139 Å². The van der Waals surface area contributed by atoms with E-state index in [9.17, 15) is 9.59 Å². The van der Waals surface area contributed by atoms with Gasteiger partial charge in [-0.05, 0) is 19.8 Å². The Morgan fingerprint density at radius 1 is 1.35 bits per heavy atom. The second kappa shape index (κ2) is 5.87. The molecule has 23 heavy (non-hydrogen) atoms. The molecule has 0 aromatic carbocycles. The molecule has 0 radical (unpaired) electrons. The van der Waals surface area contributed by atoms with Crippen LogP contribution in [-0.4, -0.2) is 65.0 Å². The fourth-order valence-corrected chi connectivity index (χ4v) is 4.26. The average Bonchev–Trinajstić information content (AvgIpc) is 3.10. The van der Waals surface area contributed by atoms with Crippen molar-refractivity contribution in [3.63, 3.8) is 0 Å². The maximum atomic E-state index is 12.4. The molecule has 0 aliphatic carbocycles. The van der Waals surface area contributed by atoms with E-state index in [-0.39, 0.29) is 24.0 Å². The van der Waals surface area contributed by atoms with Gasteiger partial charge in [-0.25, -0.2) is 4.98 Å². The van der Waals surface area contributed by atoms with Crippen LogP contribution < -0.4 is 0 Å². The van der Waals surface area contributed by atoms with Crippen LogP contribution in [0.2, 0.25) is 0 Å². The summed E-state index contributed by atoms with van der Waals surface area (Å²) >= 11 is 1.50. The predicted molar refractivity (Wildman–Crippen MR) is 85.3 cm³/mol. The van der Waals surface area contributed by atoms with Crippen LogP contribution >= 0.6 is 11.3 Å². The lowest BCUT2D eigenvalue weighted by Gasteiger charge is -2.31. The number of hydrogen-bond acceptors (Lipinski definition) is 5. The summed E-state index contributed by atoms with van der Waals surface area (Å²) in [6.07, 6.45) is 2.59. The highest BCUT2D eigenvalue weighted by Gasteiger charge is 2.44. The molecule has 1 aromatic heterocycles. The standard InChI is InChI=1S/C16H21N3O3S/c1-10-17-13(9-23-10)16(21)19-7-11-5-12(22-14(11)8-19)6-15(20)18-3-2-4-18/h9,11-12,14H,2-8H2,1H3/t11-,12-,14+/m0/s1. The molecule has 1 aromatic rings. The fourth-order valence-electron chi connectivity index (χ4n) is 3.67. The summed E-state index contributed by atoms with van der Waals surface area (Å²) in [5.41, 5.74) is 0.539. The van der Waals surface area contributed by atoms with Crippen LogP contribution in [0.5, 0.6) is 0 Å². The summed E-state index contributed by atoms with van der Waals surface area (Å²) in [7, 11) is 0. The highest BCUT2D eigenvalue weighted by molar-refractivity contribution is 7.09. The largest absolute Gasteiger partial charge is 0.372 e. The molecular weight excluding hydrogens is 314 g/mol. The molecule has 3 atom stereocenters. The minimum atomic E-state index is 0.000514. The first-order valence-electron chi connectivity index (χ1n) is 8.25. The Morgan fingerprint density at radius 3 is 2.78 bits per heavy atom. The number of likely N-dealkylation sites (tertiary alicyclic amines) is 2. The highest BCUT2D eigenvalue weighted by atomic mass is 32.1. The molecule has 6 nitrogen and oxygen atoms in total. The van der Waals surface area contributed by atoms with Crippen LogP contribution in [-0.2, 0) is 9.53 Å². The van der Waals surface area contributed by atoms with Gasteiger partial charge in [-0.15, -0.1) is 11.3 Å². The number of aromatic nitrogens is 1. The van der Waals surface area contributed by atoms with Crippen LogP contribution in [0.4, 0.5) is 0 Å². The lowest BCUT2D eigenvalue weighted by molar-refractivity contribution is -0.137. The average molecular weight is 335 g/mol. The number of amides is 2. The van der Waals surface area contributed by atoms with Crippen molar-refractivity contribution in [2.24, 2.45) is 5.92 Å². The minimum absolute atomic E-state index is 0.000514. The van der Waals surface area contributed by atoms with E-state index >= 15 is 0 Å². The number of ether oxygens (including phenoxy) is 1. The van der Waals surface area contributed by atoms with Gasteiger partial charge in [0.1, 0.15) is 5.69 Å². The molecule has 7 heteroatoms. The quantitative estimate of drug-likeness (QED) is 0.835. The van der Waals surface area contributed by atoms with Crippen LogP contribution in [0, 0.1) is 12.8 Å². The number of hydrogen-bond donors (Lipinski definition) is 0. The maximum Gasteiger partial charge on any atom is 0.273 e. The Morgan fingerprint density at radius 2 is 2.17 bits per heavy atom. The summed E-state index contributed by atoms with van der Waals surface area (Å²) in [6, 6.07) is 0. The van der Waals surface area contributed by atoms with Crippen LogP contribution in [0.15, 0.2) is 5.38 Å². The summed E-state index contributed by atoms with van der Waals surface area (Å²) in [5, 5.41) is 2.73. The van der Waals surface area contributed by atoms with E-state index in [1.165, 1.54) is 11.3 Å². The van der Waals surface area contributed by atoms with Gasteiger partial charge in [-0.2, -0.15) is 0 Å². The molecule has 2 amide bonds. The Kier molecular flexibility index (Phi) is 3.85. The monoisotopic (exact) mass is 335 g/mol. The van der Waals surface area contributed by atoms with E-state index in [1.807, 2.05) is 22.1 Å². The Balaban J connectivity index is 1.31. The summed E-state index contributed by atoms with van der Waals surface area (Å²) in [5.74, 6) is 0.570. The van der Waals surface area contributed by atoms with Gasteiger partial charge in [0, 0.05) is 37.5 Å². The van der Waals surface area contributed by atoms with Crippen molar-refractivity contribution in [3.05, 3.63) is 16.1 Å². The zero-order valence-corrected chi connectivity index (χ0v) is 14.1. The Bertz CT molecular complexity index is 614. The molecular formula is C16H21N3O3S. The van der Waals surface area contributed by atoms with Crippen LogP contribution in [0.1, 0.15) is 34.8 Å². The van der Waals surface area contributed by atoms with E-state index in [4.69, 9.17) is 4.74 Å². The second-order valence-corrected chi connectivity index (χ2v) is 7.75. The molecule has 3 aliphatic rings. The maximum absolute atomic E-state index is 12.4. The molecule has 124 valence electrons. The van der Waals surface area contributed by atoms with Crippen molar-refractivity contribution in [1.29, 1.82) is 0 Å². The van der Waals surface area contributed by atoms with Crippen LogP contribution in [0.25, 0.3) is 0 Å². The van der Waals surface area contributed by atoms with Crippen molar-refractivity contribution in [2.45, 2.75) is 38.4 Å². The first-order chi connectivity index (χ1) is 11.1. The van der Waals surface area contributed by atoms with Crippen molar-refractivity contribution in [3.8, 4) is 0 Å². The Hall–Kier alpha value is -1.47. The van der Waals surface area contributed by atoms with E-state index in [0.717, 1.165) is 30.9 Å². The van der Waals surface area contributed by atoms with E-state index in [1.54, 1.807) is 0 Å². The lowest BCUT2D eigenvalue weighted by Crippen LogP contribution is -2.43. The SMILES string of the molecule is Cc1nc(C(=O)N2C[C@@H]3C[C@@H](CC(=O)N4CCC4)O[C@@H]3C2)cs1. The minimum Gasteiger partial charge on any atom is -0.372 e. The van der Waals surface area contributed by atoms with Crippen molar-refractivity contribution < 1.29 is 14.3 Å². The normalized spacial score (nSPS) is 29.5. The van der Waals surface area contributed by atoms with Gasteiger partial charge in [-0.3, -0.25) is 9.59 Å². The molecule has 3 aliphatic heterocycles. The topological polar surface area (TPSA) is 62.7 Å². The van der Waals surface area contributed by atoms with Crippen molar-refractivity contribution in [1.82, 2.24) is 14.8 Å².